The minimum absolute atomic E-state index is 0.133. The van der Waals surface area contributed by atoms with E-state index in [1.54, 1.807) is 18.3 Å². The number of nitrogens with one attached hydrogen (secondary N) is 1. The first-order chi connectivity index (χ1) is 14.6. The van der Waals surface area contributed by atoms with Crippen molar-refractivity contribution in [3.63, 3.8) is 0 Å². The summed E-state index contributed by atoms with van der Waals surface area (Å²) in [6.07, 6.45) is 3.43. The average Bonchev–Trinajstić information content (AvgIpc) is 2.75. The quantitative estimate of drug-likeness (QED) is 0.461. The van der Waals surface area contributed by atoms with Crippen LogP contribution in [0, 0.1) is 5.82 Å². The van der Waals surface area contributed by atoms with E-state index < -0.39 is 0 Å². The SMILES string of the molecule is CCCc1nc(-c2ccc(F)cc2)cnc1NC(=O)Cc1ccc2ccccc2c1. The Bertz CT molecular complexity index is 1190. The molecule has 0 aliphatic carbocycles. The number of nitrogens with zero attached hydrogens (tertiary/aromatic N) is 2. The second-order valence-corrected chi connectivity index (χ2v) is 7.21. The number of fused-ring (bicyclic) bond motifs is 1. The highest BCUT2D eigenvalue weighted by Crippen LogP contribution is 2.22. The highest BCUT2D eigenvalue weighted by atomic mass is 19.1. The van der Waals surface area contributed by atoms with Crippen molar-refractivity contribution in [2.45, 2.75) is 26.2 Å². The maximum Gasteiger partial charge on any atom is 0.229 e. The van der Waals surface area contributed by atoms with Crippen molar-refractivity contribution in [2.24, 2.45) is 0 Å². The van der Waals surface area contributed by atoms with Crippen LogP contribution in [0.2, 0.25) is 0 Å². The lowest BCUT2D eigenvalue weighted by atomic mass is 10.0. The molecule has 30 heavy (non-hydrogen) atoms. The molecule has 0 aliphatic rings. The summed E-state index contributed by atoms with van der Waals surface area (Å²) < 4.78 is 13.2. The van der Waals surface area contributed by atoms with Gasteiger partial charge in [0.05, 0.1) is 24.0 Å². The van der Waals surface area contributed by atoms with Crippen molar-refractivity contribution in [1.29, 1.82) is 0 Å². The number of anilines is 1. The van der Waals surface area contributed by atoms with Crippen molar-refractivity contribution in [3.8, 4) is 11.3 Å². The largest absolute Gasteiger partial charge is 0.309 e. The summed E-state index contributed by atoms with van der Waals surface area (Å²) in [7, 11) is 0. The average molecular weight is 399 g/mol. The maximum atomic E-state index is 13.2. The Kier molecular flexibility index (Phi) is 5.80. The summed E-state index contributed by atoms with van der Waals surface area (Å²) in [5, 5.41) is 5.16. The lowest BCUT2D eigenvalue weighted by Crippen LogP contribution is -2.17. The number of benzene rings is 3. The number of carbonyl (C=O) groups excluding carboxylic acids is 1. The van der Waals surface area contributed by atoms with E-state index in [4.69, 9.17) is 0 Å². The molecule has 1 heterocycles. The van der Waals surface area contributed by atoms with E-state index in [1.807, 2.05) is 43.3 Å². The molecule has 5 heteroatoms. The highest BCUT2D eigenvalue weighted by molar-refractivity contribution is 5.93. The zero-order valence-electron chi connectivity index (χ0n) is 16.7. The molecule has 0 unspecified atom stereocenters. The molecule has 4 aromatic rings. The molecular weight excluding hydrogens is 377 g/mol. The molecule has 0 fully saturated rings. The van der Waals surface area contributed by atoms with Gasteiger partial charge in [-0.1, -0.05) is 55.8 Å². The Hall–Kier alpha value is -3.60. The number of hydrogen-bond donors (Lipinski definition) is 1. The van der Waals surface area contributed by atoms with Gasteiger partial charge >= 0.3 is 0 Å². The number of carbonyl (C=O) groups is 1. The number of halogens is 1. The smallest absolute Gasteiger partial charge is 0.229 e. The molecular formula is C25H22FN3O. The Balaban J connectivity index is 1.53. The van der Waals surface area contributed by atoms with E-state index in [-0.39, 0.29) is 18.1 Å². The molecule has 1 amide bonds. The van der Waals surface area contributed by atoms with Crippen LogP contribution >= 0.6 is 0 Å². The van der Waals surface area contributed by atoms with Crippen molar-refractivity contribution < 1.29 is 9.18 Å². The van der Waals surface area contributed by atoms with Gasteiger partial charge < -0.3 is 5.32 Å². The molecule has 150 valence electrons. The van der Waals surface area contributed by atoms with Crippen LogP contribution in [-0.4, -0.2) is 15.9 Å². The lowest BCUT2D eigenvalue weighted by molar-refractivity contribution is -0.115. The summed E-state index contributed by atoms with van der Waals surface area (Å²) in [5.41, 5.74) is 3.12. The van der Waals surface area contributed by atoms with Crippen LogP contribution in [-0.2, 0) is 17.6 Å². The monoisotopic (exact) mass is 399 g/mol. The molecule has 3 aromatic carbocycles. The molecule has 0 bridgehead atoms. The number of aromatic nitrogens is 2. The van der Waals surface area contributed by atoms with Crippen LogP contribution in [0.15, 0.2) is 72.9 Å². The third-order valence-corrected chi connectivity index (χ3v) is 4.91. The number of hydrogen-bond acceptors (Lipinski definition) is 3. The van der Waals surface area contributed by atoms with Crippen LogP contribution in [0.5, 0.6) is 0 Å². The second kappa shape index (κ2) is 8.82. The summed E-state index contributed by atoms with van der Waals surface area (Å²) in [6.45, 7) is 2.05. The van der Waals surface area contributed by atoms with E-state index in [2.05, 4.69) is 21.4 Å². The minimum atomic E-state index is -0.293. The molecule has 0 radical (unpaired) electrons. The van der Waals surface area contributed by atoms with Crippen molar-refractivity contribution in [2.75, 3.05) is 5.32 Å². The summed E-state index contributed by atoms with van der Waals surface area (Å²) in [5.74, 6) is 0.0537. The van der Waals surface area contributed by atoms with Crippen LogP contribution in [0.25, 0.3) is 22.0 Å². The van der Waals surface area contributed by atoms with Gasteiger partial charge in [-0.05, 0) is 47.0 Å². The van der Waals surface area contributed by atoms with Gasteiger partial charge in [0.25, 0.3) is 0 Å². The molecule has 0 saturated carbocycles. The minimum Gasteiger partial charge on any atom is -0.309 e. The standard InChI is InChI=1S/C25H22FN3O/c1-2-5-22-25(27-16-23(28-22)19-10-12-21(26)13-11-19)29-24(30)15-17-8-9-18-6-3-4-7-20(18)14-17/h3-4,6-14,16H,2,5,15H2,1H3,(H,27,29,30). The molecule has 4 nitrogen and oxygen atoms in total. The molecule has 0 spiro atoms. The van der Waals surface area contributed by atoms with Crippen molar-refractivity contribution in [1.82, 2.24) is 9.97 Å². The van der Waals surface area contributed by atoms with Gasteiger partial charge in [-0.25, -0.2) is 14.4 Å². The Labute approximate surface area is 174 Å². The fourth-order valence-electron chi connectivity index (χ4n) is 3.41. The van der Waals surface area contributed by atoms with E-state index in [1.165, 1.54) is 12.1 Å². The summed E-state index contributed by atoms with van der Waals surface area (Å²) in [6, 6.07) is 20.2. The first-order valence-electron chi connectivity index (χ1n) is 10.0. The first-order valence-corrected chi connectivity index (χ1v) is 10.0. The van der Waals surface area contributed by atoms with Gasteiger partial charge in [-0.3, -0.25) is 4.79 Å². The topological polar surface area (TPSA) is 54.9 Å². The van der Waals surface area contributed by atoms with E-state index in [0.717, 1.165) is 34.0 Å². The third kappa shape index (κ3) is 4.51. The van der Waals surface area contributed by atoms with Gasteiger partial charge in [-0.2, -0.15) is 0 Å². The predicted molar refractivity (Wildman–Crippen MR) is 118 cm³/mol. The zero-order valence-corrected chi connectivity index (χ0v) is 16.7. The fourth-order valence-corrected chi connectivity index (χ4v) is 3.41. The van der Waals surface area contributed by atoms with Gasteiger partial charge in [0.2, 0.25) is 5.91 Å². The Morgan fingerprint density at radius 3 is 2.53 bits per heavy atom. The van der Waals surface area contributed by atoms with E-state index in [9.17, 15) is 9.18 Å². The van der Waals surface area contributed by atoms with Crippen LogP contribution < -0.4 is 5.32 Å². The van der Waals surface area contributed by atoms with Crippen LogP contribution in [0.4, 0.5) is 10.2 Å². The fraction of sp³-hybridized carbons (Fsp3) is 0.160. The van der Waals surface area contributed by atoms with Gasteiger partial charge in [0.1, 0.15) is 5.82 Å². The number of amides is 1. The van der Waals surface area contributed by atoms with Crippen molar-refractivity contribution in [3.05, 3.63) is 90.0 Å². The molecule has 0 saturated heterocycles. The van der Waals surface area contributed by atoms with Gasteiger partial charge in [-0.15, -0.1) is 0 Å². The van der Waals surface area contributed by atoms with Crippen molar-refractivity contribution >= 4 is 22.5 Å². The molecule has 0 aliphatic heterocycles. The molecule has 1 N–H and O–H groups in total. The molecule has 0 atom stereocenters. The zero-order chi connectivity index (χ0) is 20.9. The maximum absolute atomic E-state index is 13.2. The van der Waals surface area contributed by atoms with E-state index in [0.29, 0.717) is 17.9 Å². The van der Waals surface area contributed by atoms with Crippen LogP contribution in [0.3, 0.4) is 0 Å². The Morgan fingerprint density at radius 1 is 1.00 bits per heavy atom. The summed E-state index contributed by atoms with van der Waals surface area (Å²) >= 11 is 0. The normalized spacial score (nSPS) is 10.9. The second-order valence-electron chi connectivity index (χ2n) is 7.21. The van der Waals surface area contributed by atoms with Gasteiger partial charge in [0.15, 0.2) is 5.82 Å². The highest BCUT2D eigenvalue weighted by Gasteiger charge is 2.12. The molecule has 1 aromatic heterocycles. The van der Waals surface area contributed by atoms with Gasteiger partial charge in [0, 0.05) is 5.56 Å². The lowest BCUT2D eigenvalue weighted by Gasteiger charge is -2.11. The van der Waals surface area contributed by atoms with Crippen LogP contribution in [0.1, 0.15) is 24.6 Å². The molecule has 4 rings (SSSR count). The third-order valence-electron chi connectivity index (χ3n) is 4.91. The summed E-state index contributed by atoms with van der Waals surface area (Å²) in [4.78, 5) is 21.7. The number of aryl methyl sites for hydroxylation is 1. The number of rotatable bonds is 6. The Morgan fingerprint density at radius 2 is 1.77 bits per heavy atom. The first kappa shape index (κ1) is 19.7. The predicted octanol–water partition coefficient (Wildman–Crippen LogP) is 5.57. The van der Waals surface area contributed by atoms with E-state index >= 15 is 0 Å².